The Labute approximate surface area is 89.6 Å². The lowest BCUT2D eigenvalue weighted by molar-refractivity contribution is 0.00811. The van der Waals surface area contributed by atoms with E-state index >= 15 is 0 Å². The molecule has 1 aromatic carbocycles. The third-order valence-corrected chi connectivity index (χ3v) is 2.61. The molecule has 3 N–H and O–H groups in total. The van der Waals surface area contributed by atoms with Crippen molar-refractivity contribution in [3.63, 3.8) is 0 Å². The lowest BCUT2D eigenvalue weighted by atomic mass is 9.94. The predicted molar refractivity (Wildman–Crippen MR) is 58.1 cm³/mol. The van der Waals surface area contributed by atoms with Crippen LogP contribution in [0, 0.1) is 0 Å². The molecule has 0 saturated carbocycles. The summed E-state index contributed by atoms with van der Waals surface area (Å²) in [5, 5.41) is 9.74. The fourth-order valence-corrected chi connectivity index (χ4v) is 1.37. The van der Waals surface area contributed by atoms with Gasteiger partial charge in [-0.25, -0.2) is 0 Å². The molecule has 0 amide bonds. The Bertz CT molecular complexity index is 335. The van der Waals surface area contributed by atoms with Crippen molar-refractivity contribution in [2.75, 3.05) is 20.8 Å². The Kier molecular flexibility index (Phi) is 3.55. The third kappa shape index (κ3) is 2.22. The first kappa shape index (κ1) is 11.8. The first-order chi connectivity index (χ1) is 7.07. The summed E-state index contributed by atoms with van der Waals surface area (Å²) in [6.45, 7) is 2.10. The lowest BCUT2D eigenvalue weighted by Crippen LogP contribution is -2.33. The highest BCUT2D eigenvalue weighted by molar-refractivity contribution is 5.43. The van der Waals surface area contributed by atoms with Gasteiger partial charge in [-0.3, -0.25) is 0 Å². The Morgan fingerprint density at radius 1 is 1.40 bits per heavy atom. The molecule has 0 aromatic heterocycles. The minimum absolute atomic E-state index is 0.158. The summed E-state index contributed by atoms with van der Waals surface area (Å²) in [6, 6.07) is 4.98. The van der Waals surface area contributed by atoms with Gasteiger partial charge in [-0.15, -0.1) is 0 Å². The van der Waals surface area contributed by atoms with Crippen LogP contribution in [-0.4, -0.2) is 25.9 Å². The molecular formula is C11H17NO3. The molecule has 0 spiro atoms. The summed E-state index contributed by atoms with van der Waals surface area (Å²) < 4.78 is 10.4. The highest BCUT2D eigenvalue weighted by Crippen LogP contribution is 2.33. The molecule has 1 aromatic rings. The second kappa shape index (κ2) is 4.51. The summed E-state index contributed by atoms with van der Waals surface area (Å²) in [7, 11) is 3.13. The second-order valence-corrected chi connectivity index (χ2v) is 3.52. The number of hydrogen-bond donors (Lipinski definition) is 2. The Morgan fingerprint density at radius 3 is 2.53 bits per heavy atom. The molecular weight excluding hydrogens is 194 g/mol. The van der Waals surface area contributed by atoms with Gasteiger partial charge in [0, 0.05) is 19.2 Å². The van der Waals surface area contributed by atoms with E-state index in [9.17, 15) is 5.11 Å². The number of ether oxygens (including phenoxy) is 2. The van der Waals surface area contributed by atoms with E-state index < -0.39 is 5.60 Å². The van der Waals surface area contributed by atoms with Gasteiger partial charge in [0.25, 0.3) is 0 Å². The van der Waals surface area contributed by atoms with Crippen LogP contribution in [0.1, 0.15) is 12.5 Å². The van der Waals surface area contributed by atoms with Crippen LogP contribution in [0.5, 0.6) is 11.5 Å². The summed E-state index contributed by atoms with van der Waals surface area (Å²) in [5.74, 6) is 0.824. The van der Waals surface area contributed by atoms with Gasteiger partial charge in [0.1, 0.15) is 17.1 Å². The number of rotatable bonds is 4. The van der Waals surface area contributed by atoms with Crippen molar-refractivity contribution in [3.05, 3.63) is 23.8 Å². The predicted octanol–water partition coefficient (Wildman–Crippen LogP) is 1.22. The van der Waals surface area contributed by atoms with Crippen molar-refractivity contribution >= 4 is 0 Å². The molecule has 0 aliphatic rings. The zero-order valence-electron chi connectivity index (χ0n) is 9.28. The summed E-state index contributed by atoms with van der Waals surface area (Å²) in [4.78, 5) is 0. The molecule has 0 radical (unpaired) electrons. The fourth-order valence-electron chi connectivity index (χ4n) is 1.37. The highest BCUT2D eigenvalue weighted by Gasteiger charge is 2.27. The van der Waals surface area contributed by atoms with E-state index in [-0.39, 0.29) is 12.3 Å². The maximum absolute atomic E-state index is 9.74. The normalized spacial score (nSPS) is 14.7. The zero-order valence-corrected chi connectivity index (χ0v) is 9.28. The maximum atomic E-state index is 9.74. The van der Waals surface area contributed by atoms with Crippen LogP contribution >= 0.6 is 0 Å². The van der Waals surface area contributed by atoms with Gasteiger partial charge in [0.2, 0.25) is 0 Å². The first-order valence-electron chi connectivity index (χ1n) is 4.70. The molecule has 1 atom stereocenters. The van der Waals surface area contributed by atoms with E-state index in [4.69, 9.17) is 15.2 Å². The molecule has 15 heavy (non-hydrogen) atoms. The topological polar surface area (TPSA) is 64.7 Å². The van der Waals surface area contributed by atoms with Crippen LogP contribution in [0.25, 0.3) is 0 Å². The molecule has 1 unspecified atom stereocenters. The van der Waals surface area contributed by atoms with Crippen LogP contribution in [0.15, 0.2) is 18.2 Å². The number of benzene rings is 1. The summed E-state index contributed by atoms with van der Waals surface area (Å²) in [5.41, 5.74) is 5.57. The second-order valence-electron chi connectivity index (χ2n) is 3.52. The standard InChI is InChI=1S/C11H17NO3/c1-11(7-12,15-3)9-6-8(14-2)4-5-10(9)13/h4-6,13H,7,12H2,1-3H3. The number of aromatic hydroxyl groups is 1. The van der Waals surface area contributed by atoms with Crippen molar-refractivity contribution in [2.24, 2.45) is 5.73 Å². The minimum atomic E-state index is -0.696. The fraction of sp³-hybridized carbons (Fsp3) is 0.455. The van der Waals surface area contributed by atoms with Gasteiger partial charge >= 0.3 is 0 Å². The van der Waals surface area contributed by atoms with Gasteiger partial charge in [-0.2, -0.15) is 0 Å². The third-order valence-electron chi connectivity index (χ3n) is 2.61. The molecule has 0 saturated heterocycles. The van der Waals surface area contributed by atoms with Crippen LogP contribution in [0.2, 0.25) is 0 Å². The Hall–Kier alpha value is -1.26. The van der Waals surface area contributed by atoms with Gasteiger partial charge in [0.15, 0.2) is 0 Å². The molecule has 4 heteroatoms. The number of phenols is 1. The number of hydrogen-bond acceptors (Lipinski definition) is 4. The number of phenolic OH excluding ortho intramolecular Hbond substituents is 1. The van der Waals surface area contributed by atoms with E-state index in [1.54, 1.807) is 32.4 Å². The molecule has 0 fully saturated rings. The van der Waals surface area contributed by atoms with Crippen molar-refractivity contribution in [3.8, 4) is 11.5 Å². The average molecular weight is 211 g/mol. The SMILES string of the molecule is COc1ccc(O)c(C(C)(CN)OC)c1. The van der Waals surface area contributed by atoms with E-state index in [2.05, 4.69) is 0 Å². The zero-order chi connectivity index (χ0) is 11.5. The van der Waals surface area contributed by atoms with Crippen LogP contribution in [0.4, 0.5) is 0 Å². The molecule has 0 bridgehead atoms. The van der Waals surface area contributed by atoms with E-state index in [1.807, 2.05) is 6.92 Å². The number of nitrogens with two attached hydrogens (primary N) is 1. The van der Waals surface area contributed by atoms with Crippen molar-refractivity contribution < 1.29 is 14.6 Å². The molecule has 0 heterocycles. The minimum Gasteiger partial charge on any atom is -0.508 e. The lowest BCUT2D eigenvalue weighted by Gasteiger charge is -2.27. The van der Waals surface area contributed by atoms with E-state index in [0.717, 1.165) is 0 Å². The summed E-state index contributed by atoms with van der Waals surface area (Å²) >= 11 is 0. The van der Waals surface area contributed by atoms with E-state index in [1.165, 1.54) is 0 Å². The maximum Gasteiger partial charge on any atom is 0.121 e. The molecule has 4 nitrogen and oxygen atoms in total. The van der Waals surface area contributed by atoms with Crippen LogP contribution < -0.4 is 10.5 Å². The highest BCUT2D eigenvalue weighted by atomic mass is 16.5. The Balaban J connectivity index is 3.21. The monoisotopic (exact) mass is 211 g/mol. The molecule has 1 rings (SSSR count). The van der Waals surface area contributed by atoms with Crippen molar-refractivity contribution in [1.29, 1.82) is 0 Å². The van der Waals surface area contributed by atoms with Gasteiger partial charge in [-0.1, -0.05) is 0 Å². The molecule has 0 aliphatic heterocycles. The average Bonchev–Trinajstić information content (AvgIpc) is 2.28. The smallest absolute Gasteiger partial charge is 0.121 e. The quantitative estimate of drug-likeness (QED) is 0.786. The van der Waals surface area contributed by atoms with Crippen molar-refractivity contribution in [1.82, 2.24) is 0 Å². The first-order valence-corrected chi connectivity index (χ1v) is 4.70. The van der Waals surface area contributed by atoms with E-state index in [0.29, 0.717) is 11.3 Å². The Morgan fingerprint density at radius 2 is 2.07 bits per heavy atom. The van der Waals surface area contributed by atoms with Gasteiger partial charge in [0.05, 0.1) is 7.11 Å². The molecule has 0 aliphatic carbocycles. The van der Waals surface area contributed by atoms with Crippen molar-refractivity contribution in [2.45, 2.75) is 12.5 Å². The van der Waals surface area contributed by atoms with Crippen LogP contribution in [-0.2, 0) is 10.3 Å². The van der Waals surface area contributed by atoms with Crippen LogP contribution in [0.3, 0.4) is 0 Å². The summed E-state index contributed by atoms with van der Waals surface area (Å²) in [6.07, 6.45) is 0. The van der Waals surface area contributed by atoms with Gasteiger partial charge in [-0.05, 0) is 25.1 Å². The number of methoxy groups -OCH3 is 2. The van der Waals surface area contributed by atoms with Gasteiger partial charge < -0.3 is 20.3 Å². The largest absolute Gasteiger partial charge is 0.508 e. The molecule has 84 valence electrons.